The van der Waals surface area contributed by atoms with Gasteiger partial charge >= 0.3 is 29.8 Å². The zero-order chi connectivity index (χ0) is 42.7. The fourth-order valence-electron chi connectivity index (χ4n) is 5.77. The highest BCUT2D eigenvalue weighted by Gasteiger charge is 2.57. The largest absolute Gasteiger partial charge is 0.508 e. The molecule has 1 fully saturated rings. The van der Waals surface area contributed by atoms with Crippen LogP contribution in [0.25, 0.3) is 24.3 Å². The van der Waals surface area contributed by atoms with Gasteiger partial charge in [0.1, 0.15) is 23.7 Å². The molecule has 0 aliphatic heterocycles. The molecule has 1 saturated carbocycles. The van der Waals surface area contributed by atoms with Gasteiger partial charge in [0.2, 0.25) is 5.60 Å². The van der Waals surface area contributed by atoms with Crippen LogP contribution in [0.1, 0.15) is 35.1 Å². The lowest BCUT2D eigenvalue weighted by Crippen LogP contribution is -2.60. The van der Waals surface area contributed by atoms with Gasteiger partial charge in [-0.25, -0.2) is 24.0 Å². The molecule has 0 amide bonds. The van der Waals surface area contributed by atoms with Gasteiger partial charge in [0.15, 0.2) is 29.1 Å². The van der Waals surface area contributed by atoms with E-state index in [1.807, 2.05) is 0 Å². The van der Waals surface area contributed by atoms with E-state index in [1.165, 1.54) is 85.0 Å². The molecule has 7 N–H and O–H groups in total. The number of hydrogen-bond donors (Lipinski definition) is 7. The molecular weight excluding hydrogens is 772 g/mol. The first-order valence-corrected chi connectivity index (χ1v) is 17.5. The van der Waals surface area contributed by atoms with Crippen LogP contribution in [0.3, 0.4) is 0 Å². The number of esters is 4. The molecule has 0 aromatic heterocycles. The van der Waals surface area contributed by atoms with E-state index < -0.39 is 89.6 Å². The van der Waals surface area contributed by atoms with E-state index in [0.717, 1.165) is 48.6 Å². The van der Waals surface area contributed by atoms with Gasteiger partial charge in [-0.2, -0.15) is 0 Å². The van der Waals surface area contributed by atoms with E-state index in [-0.39, 0.29) is 22.6 Å². The topological polar surface area (TPSA) is 264 Å². The van der Waals surface area contributed by atoms with E-state index >= 15 is 0 Å². The molecule has 0 radical (unpaired) electrons. The predicted molar refractivity (Wildman–Crippen MR) is 207 cm³/mol. The number of aliphatic carboxylic acids is 1. The number of ether oxygens (including phenoxy) is 4. The number of phenols is 6. The quantitative estimate of drug-likeness (QED) is 0.0407. The molecule has 304 valence electrons. The lowest BCUT2D eigenvalue weighted by molar-refractivity contribution is -0.217. The Labute approximate surface area is 335 Å². The van der Waals surface area contributed by atoms with Crippen LogP contribution in [-0.4, -0.2) is 89.5 Å². The van der Waals surface area contributed by atoms with Crippen molar-refractivity contribution in [2.75, 3.05) is 0 Å². The minimum Gasteiger partial charge on any atom is -0.508 e. The Morgan fingerprint density at radius 2 is 0.831 bits per heavy atom. The normalized spacial score (nSPS) is 19.2. The Morgan fingerprint density at radius 3 is 1.22 bits per heavy atom. The molecule has 59 heavy (non-hydrogen) atoms. The second-order valence-corrected chi connectivity index (χ2v) is 13.0. The number of carboxylic acid groups (broad SMARTS) is 1. The van der Waals surface area contributed by atoms with Gasteiger partial charge in [0.25, 0.3) is 0 Å². The molecule has 16 heteroatoms. The molecule has 4 aromatic carbocycles. The Hall–Kier alpha value is -8.01. The maximum Gasteiger partial charge on any atom is 0.348 e. The third-order valence-electron chi connectivity index (χ3n) is 8.70. The number of benzene rings is 4. The number of hydrogen-bond acceptors (Lipinski definition) is 15. The summed E-state index contributed by atoms with van der Waals surface area (Å²) in [6.45, 7) is 0. The second kappa shape index (κ2) is 18.8. The zero-order valence-electron chi connectivity index (χ0n) is 30.7. The van der Waals surface area contributed by atoms with Crippen molar-refractivity contribution in [1.29, 1.82) is 0 Å². The monoisotopic (exact) mass is 808 g/mol. The summed E-state index contributed by atoms with van der Waals surface area (Å²) in [4.78, 5) is 66.1. The number of aromatic hydroxyl groups is 6. The van der Waals surface area contributed by atoms with E-state index in [0.29, 0.717) is 11.1 Å². The summed E-state index contributed by atoms with van der Waals surface area (Å²) in [5.41, 5.74) is -1.21. The van der Waals surface area contributed by atoms with E-state index in [4.69, 9.17) is 18.9 Å². The van der Waals surface area contributed by atoms with Crippen LogP contribution in [0, 0.1) is 0 Å². The van der Waals surface area contributed by atoms with Crippen LogP contribution < -0.4 is 0 Å². The summed E-state index contributed by atoms with van der Waals surface area (Å²) in [5, 5.41) is 68.7. The Kier molecular flexibility index (Phi) is 13.4. The van der Waals surface area contributed by atoms with Gasteiger partial charge in [0, 0.05) is 37.1 Å². The SMILES string of the molecule is O=C(C=Cc1ccc(O)cc1)OC1CC(OC(=O)C=Cc2ccc(O)cc2)(C(=O)O)CC(OC(=O)C=Cc2ccc(O)c(O)c2)C1OC(=O)C=Cc1ccc(O)c(O)c1. The fourth-order valence-corrected chi connectivity index (χ4v) is 5.77. The number of carbonyl (C=O) groups is 5. The number of carbonyl (C=O) groups excluding carboxylic acids is 4. The van der Waals surface area contributed by atoms with Crippen molar-refractivity contribution >= 4 is 54.2 Å². The molecule has 5 rings (SSSR count). The molecule has 1 aliphatic rings. The van der Waals surface area contributed by atoms with Crippen molar-refractivity contribution in [3.63, 3.8) is 0 Å². The summed E-state index contributed by atoms with van der Waals surface area (Å²) in [5.74, 6) is -8.17. The molecule has 0 bridgehead atoms. The zero-order valence-corrected chi connectivity index (χ0v) is 30.7. The van der Waals surface area contributed by atoms with Gasteiger partial charge in [-0.1, -0.05) is 36.4 Å². The van der Waals surface area contributed by atoms with Gasteiger partial charge in [-0.05, 0) is 95.1 Å². The molecular formula is C43H36O16. The highest BCUT2D eigenvalue weighted by Crippen LogP contribution is 2.38. The Balaban J connectivity index is 1.50. The maximum absolute atomic E-state index is 13.3. The number of carboxylic acids is 1. The third-order valence-corrected chi connectivity index (χ3v) is 8.70. The van der Waals surface area contributed by atoms with Crippen molar-refractivity contribution in [2.45, 2.75) is 36.8 Å². The standard InChI is InChI=1S/C43H36O16/c44-29-11-1-25(2-12-29)7-17-37(50)56-35-23-43(42(54)55,59-40(53)20-8-26-3-13-30(45)14-4-26)24-36(57-38(51)18-9-27-5-15-31(46)33(48)21-27)41(35)58-39(52)19-10-28-6-16-32(47)34(49)22-28/h1-22,35-36,41,44-49H,23-24H2,(H,54,55). The van der Waals surface area contributed by atoms with Crippen molar-refractivity contribution in [3.8, 4) is 34.5 Å². The first-order chi connectivity index (χ1) is 28.1. The number of rotatable bonds is 13. The van der Waals surface area contributed by atoms with Gasteiger partial charge in [-0.3, -0.25) is 0 Å². The summed E-state index contributed by atoms with van der Waals surface area (Å²) >= 11 is 0. The van der Waals surface area contributed by atoms with Crippen LogP contribution in [-0.2, 0) is 42.9 Å². The molecule has 0 spiro atoms. The van der Waals surface area contributed by atoms with Crippen molar-refractivity contribution in [2.24, 2.45) is 0 Å². The lowest BCUT2D eigenvalue weighted by Gasteiger charge is -2.43. The molecule has 4 unspecified atom stereocenters. The maximum atomic E-state index is 13.3. The van der Waals surface area contributed by atoms with Gasteiger partial charge in [-0.15, -0.1) is 0 Å². The lowest BCUT2D eigenvalue weighted by atomic mass is 9.79. The van der Waals surface area contributed by atoms with E-state index in [2.05, 4.69) is 0 Å². The van der Waals surface area contributed by atoms with Gasteiger partial charge < -0.3 is 54.7 Å². The van der Waals surface area contributed by atoms with E-state index in [9.17, 15) is 59.7 Å². The average Bonchev–Trinajstić information content (AvgIpc) is 3.19. The fraction of sp³-hybridized carbons (Fsp3) is 0.140. The summed E-state index contributed by atoms with van der Waals surface area (Å²) < 4.78 is 22.4. The Morgan fingerprint density at radius 1 is 0.475 bits per heavy atom. The average molecular weight is 809 g/mol. The van der Waals surface area contributed by atoms with Crippen molar-refractivity contribution < 1.29 is 78.7 Å². The minimum atomic E-state index is -2.57. The molecule has 0 saturated heterocycles. The van der Waals surface area contributed by atoms with Crippen LogP contribution in [0.15, 0.2) is 109 Å². The van der Waals surface area contributed by atoms with Crippen LogP contribution >= 0.6 is 0 Å². The molecule has 0 heterocycles. The van der Waals surface area contributed by atoms with Crippen molar-refractivity contribution in [3.05, 3.63) is 131 Å². The first-order valence-electron chi connectivity index (χ1n) is 17.5. The first kappa shape index (κ1) is 42.1. The Bertz CT molecular complexity index is 2320. The predicted octanol–water partition coefficient (Wildman–Crippen LogP) is 4.97. The van der Waals surface area contributed by atoms with Crippen molar-refractivity contribution in [1.82, 2.24) is 0 Å². The second-order valence-electron chi connectivity index (χ2n) is 13.0. The minimum absolute atomic E-state index is 0.0398. The summed E-state index contributed by atoms with van der Waals surface area (Å²) in [6, 6.07) is 18.6. The molecule has 1 aliphatic carbocycles. The van der Waals surface area contributed by atoms with Crippen LogP contribution in [0.2, 0.25) is 0 Å². The summed E-state index contributed by atoms with van der Waals surface area (Å²) in [7, 11) is 0. The summed E-state index contributed by atoms with van der Waals surface area (Å²) in [6.07, 6.45) is 1.70. The highest BCUT2D eigenvalue weighted by atomic mass is 16.6. The molecule has 4 atom stereocenters. The highest BCUT2D eigenvalue weighted by molar-refractivity contribution is 5.92. The number of phenolic OH excluding ortho intramolecular Hbond substituents is 6. The van der Waals surface area contributed by atoms with E-state index in [1.54, 1.807) is 0 Å². The third kappa shape index (κ3) is 11.7. The van der Waals surface area contributed by atoms with Crippen LogP contribution in [0.5, 0.6) is 34.5 Å². The smallest absolute Gasteiger partial charge is 0.348 e. The molecule has 16 nitrogen and oxygen atoms in total. The van der Waals surface area contributed by atoms with Gasteiger partial charge in [0.05, 0.1) is 0 Å². The molecule has 4 aromatic rings. The van der Waals surface area contributed by atoms with Crippen LogP contribution in [0.4, 0.5) is 0 Å².